The standard InChI is InChI=1S/C25H30N2O7/c1-24(2,3)10-27-9-12-5-4-11-6-13-7-14-8-15(28)18(23(26)33)22(32)25(14,34)21(31)17(13)20(30)16(11)19(12)29/h4-5,13-14,27,29-30,32,34H,6-10H2,1-3H3,(H2,26,33)/t13?,14-,25-/m0/s1. The molecular formula is C25H30N2O7. The van der Waals surface area contributed by atoms with Crippen LogP contribution in [0.3, 0.4) is 0 Å². The Labute approximate surface area is 197 Å². The zero-order chi connectivity index (χ0) is 25.2. The molecule has 1 fully saturated rings. The number of Topliss-reactive ketones (excluding diaryl/α,β-unsaturated/α-hetero) is 2. The summed E-state index contributed by atoms with van der Waals surface area (Å²) in [4.78, 5) is 37.5. The third-order valence-corrected chi connectivity index (χ3v) is 6.99. The number of phenols is 1. The summed E-state index contributed by atoms with van der Waals surface area (Å²) in [5.74, 6) is -6.15. The second-order valence-electron chi connectivity index (χ2n) is 10.7. The van der Waals surface area contributed by atoms with Crippen LogP contribution in [0, 0.1) is 17.3 Å². The molecule has 4 rings (SSSR count). The van der Waals surface area contributed by atoms with Gasteiger partial charge in [-0.15, -0.1) is 0 Å². The molecule has 0 saturated heterocycles. The number of carbonyl (C=O) groups is 3. The Kier molecular flexibility index (Phi) is 5.61. The molecule has 1 aromatic carbocycles. The van der Waals surface area contributed by atoms with Gasteiger partial charge in [-0.1, -0.05) is 32.9 Å². The molecule has 0 radical (unpaired) electrons. The highest BCUT2D eigenvalue weighted by molar-refractivity contribution is 6.22. The molecule has 3 aliphatic carbocycles. The fourth-order valence-electron chi connectivity index (χ4n) is 5.35. The predicted octanol–water partition coefficient (Wildman–Crippen LogP) is 1.56. The number of aliphatic hydroxyl groups is 3. The van der Waals surface area contributed by atoms with Crippen LogP contribution in [-0.4, -0.2) is 50.0 Å². The summed E-state index contributed by atoms with van der Waals surface area (Å²) in [5.41, 5.74) is 3.05. The lowest BCUT2D eigenvalue weighted by Crippen LogP contribution is -2.58. The van der Waals surface area contributed by atoms with E-state index in [2.05, 4.69) is 26.1 Å². The number of hydrogen-bond donors (Lipinski definition) is 6. The van der Waals surface area contributed by atoms with Crippen molar-refractivity contribution in [1.82, 2.24) is 5.32 Å². The van der Waals surface area contributed by atoms with Crippen LogP contribution in [0.2, 0.25) is 0 Å². The predicted molar refractivity (Wildman–Crippen MR) is 123 cm³/mol. The molecular weight excluding hydrogens is 440 g/mol. The average Bonchev–Trinajstić information content (AvgIpc) is 2.71. The van der Waals surface area contributed by atoms with Gasteiger partial charge < -0.3 is 31.5 Å². The minimum atomic E-state index is -2.54. The van der Waals surface area contributed by atoms with Crippen molar-refractivity contribution in [3.63, 3.8) is 0 Å². The lowest BCUT2D eigenvalue weighted by molar-refractivity contribution is -0.147. The van der Waals surface area contributed by atoms with Gasteiger partial charge >= 0.3 is 0 Å². The SMILES string of the molecule is CC(C)(C)CNCc1ccc2c(c1O)C(O)=C1C(=O)[C@]3(O)C(O)=C(C(N)=O)C(=O)C[C@@H]3CC1C2. The van der Waals surface area contributed by atoms with Crippen molar-refractivity contribution in [3.8, 4) is 5.75 Å². The number of ketones is 2. The molecule has 0 aliphatic heterocycles. The van der Waals surface area contributed by atoms with Gasteiger partial charge in [0, 0.05) is 36.6 Å². The van der Waals surface area contributed by atoms with Crippen LogP contribution < -0.4 is 11.1 Å². The van der Waals surface area contributed by atoms with E-state index in [4.69, 9.17) is 5.73 Å². The van der Waals surface area contributed by atoms with E-state index in [0.29, 0.717) is 30.6 Å². The van der Waals surface area contributed by atoms with Gasteiger partial charge in [0.05, 0.1) is 5.56 Å². The number of rotatable bonds is 4. The number of fused-ring (bicyclic) bond motifs is 3. The summed E-state index contributed by atoms with van der Waals surface area (Å²) in [5, 5.41) is 47.2. The van der Waals surface area contributed by atoms with Crippen molar-refractivity contribution in [2.75, 3.05) is 6.54 Å². The molecule has 9 nitrogen and oxygen atoms in total. The normalized spacial score (nSPS) is 26.8. The maximum atomic E-state index is 13.5. The van der Waals surface area contributed by atoms with Crippen LogP contribution in [0.15, 0.2) is 29.0 Å². The number of hydrogen-bond acceptors (Lipinski definition) is 8. The molecule has 1 aromatic rings. The van der Waals surface area contributed by atoms with Gasteiger partial charge in [0.2, 0.25) is 5.78 Å². The Bertz CT molecular complexity index is 1170. The van der Waals surface area contributed by atoms with E-state index in [1.54, 1.807) is 12.1 Å². The summed E-state index contributed by atoms with van der Waals surface area (Å²) in [6, 6.07) is 3.55. The third kappa shape index (κ3) is 3.59. The number of primary amides is 1. The van der Waals surface area contributed by atoms with Gasteiger partial charge in [-0.2, -0.15) is 0 Å². The lowest BCUT2D eigenvalue weighted by atomic mass is 9.59. The summed E-state index contributed by atoms with van der Waals surface area (Å²) in [6.07, 6.45) is 0.0990. The van der Waals surface area contributed by atoms with Gasteiger partial charge in [-0.05, 0) is 29.7 Å². The van der Waals surface area contributed by atoms with Gasteiger partial charge in [-0.25, -0.2) is 0 Å². The highest BCUT2D eigenvalue weighted by Crippen LogP contribution is 2.52. The molecule has 1 unspecified atom stereocenters. The maximum absolute atomic E-state index is 13.5. The first-order valence-corrected chi connectivity index (χ1v) is 11.3. The number of benzene rings is 1. The first kappa shape index (κ1) is 24.0. The fourth-order valence-corrected chi connectivity index (χ4v) is 5.35. The number of phenolic OH excluding ortho intramolecular Hbond substituents is 1. The van der Waals surface area contributed by atoms with Crippen LogP contribution in [-0.2, 0) is 27.3 Å². The zero-order valence-corrected chi connectivity index (χ0v) is 19.4. The number of carbonyl (C=O) groups excluding carboxylic acids is 3. The molecule has 3 atom stereocenters. The highest BCUT2D eigenvalue weighted by Gasteiger charge is 2.60. The van der Waals surface area contributed by atoms with E-state index in [1.807, 2.05) is 0 Å². The summed E-state index contributed by atoms with van der Waals surface area (Å²) >= 11 is 0. The molecule has 0 aromatic heterocycles. The highest BCUT2D eigenvalue weighted by atomic mass is 16.3. The molecule has 182 valence electrons. The molecule has 1 amide bonds. The second-order valence-corrected chi connectivity index (χ2v) is 10.7. The number of amides is 1. The zero-order valence-electron chi connectivity index (χ0n) is 19.4. The number of nitrogens with two attached hydrogens (primary N) is 1. The van der Waals surface area contributed by atoms with Crippen molar-refractivity contribution in [1.29, 1.82) is 0 Å². The molecule has 0 spiro atoms. The van der Waals surface area contributed by atoms with E-state index in [1.165, 1.54) is 0 Å². The van der Waals surface area contributed by atoms with Gasteiger partial charge in [0.15, 0.2) is 11.4 Å². The van der Waals surface area contributed by atoms with E-state index in [-0.39, 0.29) is 35.1 Å². The Morgan fingerprint density at radius 3 is 2.47 bits per heavy atom. The number of nitrogens with one attached hydrogen (secondary N) is 1. The van der Waals surface area contributed by atoms with Crippen LogP contribution >= 0.6 is 0 Å². The van der Waals surface area contributed by atoms with Crippen molar-refractivity contribution < 1.29 is 34.8 Å². The maximum Gasteiger partial charge on any atom is 0.255 e. The molecule has 7 N–H and O–H groups in total. The topological polar surface area (TPSA) is 170 Å². The van der Waals surface area contributed by atoms with E-state index >= 15 is 0 Å². The van der Waals surface area contributed by atoms with Crippen LogP contribution in [0.5, 0.6) is 5.75 Å². The fraction of sp³-hybridized carbons (Fsp3) is 0.480. The van der Waals surface area contributed by atoms with Crippen molar-refractivity contribution in [3.05, 3.63) is 45.7 Å². The van der Waals surface area contributed by atoms with E-state index < -0.39 is 52.0 Å². The Morgan fingerprint density at radius 1 is 1.18 bits per heavy atom. The number of aromatic hydroxyl groups is 1. The molecule has 0 bridgehead atoms. The van der Waals surface area contributed by atoms with Crippen LogP contribution in [0.25, 0.3) is 5.76 Å². The first-order chi connectivity index (χ1) is 15.8. The minimum Gasteiger partial charge on any atom is -0.508 e. The monoisotopic (exact) mass is 470 g/mol. The van der Waals surface area contributed by atoms with Crippen LogP contribution in [0.1, 0.15) is 50.3 Å². The molecule has 34 heavy (non-hydrogen) atoms. The Morgan fingerprint density at radius 2 is 1.85 bits per heavy atom. The number of aliphatic hydroxyl groups excluding tert-OH is 2. The minimum absolute atomic E-state index is 0.0301. The van der Waals surface area contributed by atoms with Gasteiger partial charge in [-0.3, -0.25) is 14.4 Å². The second kappa shape index (κ2) is 7.95. The average molecular weight is 471 g/mol. The Hall–Kier alpha value is -3.17. The smallest absolute Gasteiger partial charge is 0.255 e. The molecule has 0 heterocycles. The van der Waals surface area contributed by atoms with Crippen molar-refractivity contribution in [2.45, 2.75) is 52.2 Å². The van der Waals surface area contributed by atoms with E-state index in [0.717, 1.165) is 0 Å². The van der Waals surface area contributed by atoms with Gasteiger partial charge in [0.1, 0.15) is 22.8 Å². The van der Waals surface area contributed by atoms with Gasteiger partial charge in [0.25, 0.3) is 5.91 Å². The summed E-state index contributed by atoms with van der Waals surface area (Å²) < 4.78 is 0. The Balaban J connectivity index is 1.77. The van der Waals surface area contributed by atoms with E-state index in [9.17, 15) is 34.8 Å². The largest absolute Gasteiger partial charge is 0.508 e. The van der Waals surface area contributed by atoms with Crippen molar-refractivity contribution in [2.24, 2.45) is 23.0 Å². The third-order valence-electron chi connectivity index (χ3n) is 6.99. The molecule has 3 aliphatic rings. The van der Waals surface area contributed by atoms with Crippen LogP contribution in [0.4, 0.5) is 0 Å². The molecule has 9 heteroatoms. The first-order valence-electron chi connectivity index (χ1n) is 11.3. The molecule has 1 saturated carbocycles. The summed E-state index contributed by atoms with van der Waals surface area (Å²) in [6.45, 7) is 7.25. The summed E-state index contributed by atoms with van der Waals surface area (Å²) in [7, 11) is 0. The lowest BCUT2D eigenvalue weighted by Gasteiger charge is -2.46. The van der Waals surface area contributed by atoms with Crippen molar-refractivity contribution >= 4 is 23.2 Å². The quantitative estimate of drug-likeness (QED) is 0.360.